The summed E-state index contributed by atoms with van der Waals surface area (Å²) in [5, 5.41) is 2.85. The predicted octanol–water partition coefficient (Wildman–Crippen LogP) is 2.98. The van der Waals surface area contributed by atoms with Crippen LogP contribution in [-0.2, 0) is 4.79 Å². The molecule has 1 aliphatic rings. The molecule has 1 atom stereocenters. The highest BCUT2D eigenvalue weighted by atomic mass is 19.1. The van der Waals surface area contributed by atoms with Gasteiger partial charge in [-0.1, -0.05) is 6.07 Å². The molecule has 24 heavy (non-hydrogen) atoms. The normalized spacial score (nSPS) is 17.2. The largest absolute Gasteiger partial charge is 0.347 e. The van der Waals surface area contributed by atoms with Crippen LogP contribution in [0.15, 0.2) is 42.5 Å². The molecule has 0 bridgehead atoms. The lowest BCUT2D eigenvalue weighted by atomic mass is 10.1. The van der Waals surface area contributed by atoms with Crippen molar-refractivity contribution < 1.29 is 14.0 Å². The molecule has 1 fully saturated rings. The highest BCUT2D eigenvalue weighted by Crippen LogP contribution is 2.24. The second-order valence-electron chi connectivity index (χ2n) is 6.15. The van der Waals surface area contributed by atoms with Crippen LogP contribution in [0, 0.1) is 19.7 Å². The highest BCUT2D eigenvalue weighted by Gasteiger charge is 2.31. The second kappa shape index (κ2) is 6.43. The van der Waals surface area contributed by atoms with Crippen molar-refractivity contribution in [2.75, 3.05) is 11.4 Å². The fraction of sp³-hybridized carbons (Fsp3) is 0.263. The fourth-order valence-electron chi connectivity index (χ4n) is 2.82. The summed E-state index contributed by atoms with van der Waals surface area (Å²) in [5.74, 6) is -0.694. The first-order valence-electron chi connectivity index (χ1n) is 7.88. The van der Waals surface area contributed by atoms with Gasteiger partial charge in [0.2, 0.25) is 5.91 Å². The minimum Gasteiger partial charge on any atom is -0.347 e. The first-order chi connectivity index (χ1) is 11.4. The summed E-state index contributed by atoms with van der Waals surface area (Å²) >= 11 is 0. The van der Waals surface area contributed by atoms with Crippen molar-refractivity contribution in [2.24, 2.45) is 0 Å². The summed E-state index contributed by atoms with van der Waals surface area (Å²) < 4.78 is 12.9. The van der Waals surface area contributed by atoms with Crippen LogP contribution in [0.3, 0.4) is 0 Å². The molecular formula is C19H19FN2O2. The Morgan fingerprint density at radius 1 is 1.12 bits per heavy atom. The summed E-state index contributed by atoms with van der Waals surface area (Å²) in [6.45, 7) is 4.47. The second-order valence-corrected chi connectivity index (χ2v) is 6.15. The average molecular weight is 326 g/mol. The molecule has 2 amide bonds. The van der Waals surface area contributed by atoms with Gasteiger partial charge in [-0.15, -0.1) is 0 Å². The lowest BCUT2D eigenvalue weighted by Crippen LogP contribution is -2.37. The first-order valence-corrected chi connectivity index (χ1v) is 7.88. The Hall–Kier alpha value is -2.69. The van der Waals surface area contributed by atoms with Gasteiger partial charge in [0.1, 0.15) is 5.82 Å². The van der Waals surface area contributed by atoms with E-state index in [-0.39, 0.29) is 30.1 Å². The third-order valence-corrected chi connectivity index (χ3v) is 4.37. The quantitative estimate of drug-likeness (QED) is 0.943. The van der Waals surface area contributed by atoms with E-state index in [1.54, 1.807) is 4.90 Å². The Kier molecular flexibility index (Phi) is 4.34. The molecular weight excluding hydrogens is 307 g/mol. The van der Waals surface area contributed by atoms with Gasteiger partial charge >= 0.3 is 0 Å². The SMILES string of the molecule is Cc1ccc(N2CC(NC(=O)c3ccc(F)cc3)CC2=O)cc1C. The van der Waals surface area contributed by atoms with Crippen LogP contribution in [0.1, 0.15) is 27.9 Å². The summed E-state index contributed by atoms with van der Waals surface area (Å²) in [5.41, 5.74) is 3.53. The van der Waals surface area contributed by atoms with Gasteiger partial charge in [-0.2, -0.15) is 0 Å². The molecule has 1 unspecified atom stereocenters. The maximum absolute atomic E-state index is 12.9. The Morgan fingerprint density at radius 2 is 1.83 bits per heavy atom. The highest BCUT2D eigenvalue weighted by molar-refractivity contribution is 5.99. The molecule has 3 rings (SSSR count). The molecule has 0 aromatic heterocycles. The standard InChI is InChI=1S/C19H19FN2O2/c1-12-3-8-17(9-13(12)2)22-11-16(10-18(22)23)21-19(24)14-4-6-15(20)7-5-14/h3-9,16H,10-11H2,1-2H3,(H,21,24). The number of anilines is 1. The summed E-state index contributed by atoms with van der Waals surface area (Å²) in [6, 6.07) is 11.0. The van der Waals surface area contributed by atoms with Crippen molar-refractivity contribution in [2.45, 2.75) is 26.3 Å². The van der Waals surface area contributed by atoms with Crippen molar-refractivity contribution in [3.8, 4) is 0 Å². The predicted molar refractivity (Wildman–Crippen MR) is 90.5 cm³/mol. The number of hydrogen-bond donors (Lipinski definition) is 1. The number of rotatable bonds is 3. The van der Waals surface area contributed by atoms with Crippen LogP contribution < -0.4 is 10.2 Å². The molecule has 4 nitrogen and oxygen atoms in total. The lowest BCUT2D eigenvalue weighted by Gasteiger charge is -2.18. The topological polar surface area (TPSA) is 49.4 Å². The molecule has 2 aromatic rings. The van der Waals surface area contributed by atoms with Crippen LogP contribution in [0.25, 0.3) is 0 Å². The molecule has 0 radical (unpaired) electrons. The number of benzene rings is 2. The zero-order valence-electron chi connectivity index (χ0n) is 13.7. The summed E-state index contributed by atoms with van der Waals surface area (Å²) in [4.78, 5) is 26.2. The third-order valence-electron chi connectivity index (χ3n) is 4.37. The minimum absolute atomic E-state index is 0.0114. The van der Waals surface area contributed by atoms with E-state index >= 15 is 0 Å². The molecule has 5 heteroatoms. The van der Waals surface area contributed by atoms with Crippen molar-refractivity contribution in [1.82, 2.24) is 5.32 Å². The van der Waals surface area contributed by atoms with Gasteiger partial charge in [0, 0.05) is 24.2 Å². The van der Waals surface area contributed by atoms with Gasteiger partial charge in [0.25, 0.3) is 5.91 Å². The number of hydrogen-bond acceptors (Lipinski definition) is 2. The molecule has 2 aromatic carbocycles. The Balaban J connectivity index is 1.69. The van der Waals surface area contributed by atoms with E-state index in [9.17, 15) is 14.0 Å². The lowest BCUT2D eigenvalue weighted by molar-refractivity contribution is -0.117. The smallest absolute Gasteiger partial charge is 0.251 e. The number of amides is 2. The maximum atomic E-state index is 12.9. The molecule has 0 aliphatic carbocycles. The van der Waals surface area contributed by atoms with Gasteiger partial charge in [0.05, 0.1) is 6.04 Å². The van der Waals surface area contributed by atoms with Gasteiger partial charge in [0.15, 0.2) is 0 Å². The summed E-state index contributed by atoms with van der Waals surface area (Å²) in [7, 11) is 0. The Bertz CT molecular complexity index is 786. The summed E-state index contributed by atoms with van der Waals surface area (Å²) in [6.07, 6.45) is 0.264. The van der Waals surface area contributed by atoms with Gasteiger partial charge in [-0.3, -0.25) is 9.59 Å². The van der Waals surface area contributed by atoms with E-state index in [4.69, 9.17) is 0 Å². The van der Waals surface area contributed by atoms with E-state index in [0.29, 0.717) is 12.1 Å². The van der Waals surface area contributed by atoms with Crippen LogP contribution in [-0.4, -0.2) is 24.4 Å². The molecule has 1 heterocycles. The number of halogens is 1. The van der Waals surface area contributed by atoms with Crippen molar-refractivity contribution in [3.05, 3.63) is 65.0 Å². The van der Waals surface area contributed by atoms with Crippen LogP contribution in [0.2, 0.25) is 0 Å². The van der Waals surface area contributed by atoms with Crippen molar-refractivity contribution in [1.29, 1.82) is 0 Å². The minimum atomic E-state index is -0.386. The van der Waals surface area contributed by atoms with E-state index in [0.717, 1.165) is 11.3 Å². The maximum Gasteiger partial charge on any atom is 0.251 e. The van der Waals surface area contributed by atoms with Gasteiger partial charge in [-0.25, -0.2) is 4.39 Å². The zero-order chi connectivity index (χ0) is 17.3. The van der Waals surface area contributed by atoms with E-state index in [2.05, 4.69) is 5.32 Å². The Morgan fingerprint density at radius 3 is 2.50 bits per heavy atom. The molecule has 0 saturated carbocycles. The first kappa shape index (κ1) is 16.2. The average Bonchev–Trinajstić information content (AvgIpc) is 2.91. The van der Waals surface area contributed by atoms with Crippen LogP contribution in [0.4, 0.5) is 10.1 Å². The number of carbonyl (C=O) groups excluding carboxylic acids is 2. The number of aryl methyl sites for hydroxylation is 2. The molecule has 1 N–H and O–H groups in total. The third kappa shape index (κ3) is 3.30. The zero-order valence-corrected chi connectivity index (χ0v) is 13.7. The number of carbonyl (C=O) groups is 2. The Labute approximate surface area is 140 Å². The monoisotopic (exact) mass is 326 g/mol. The molecule has 0 spiro atoms. The van der Waals surface area contributed by atoms with Gasteiger partial charge in [-0.05, 0) is 61.4 Å². The van der Waals surface area contributed by atoms with Crippen LogP contribution in [0.5, 0.6) is 0 Å². The van der Waals surface area contributed by atoms with E-state index in [1.807, 2.05) is 32.0 Å². The van der Waals surface area contributed by atoms with E-state index in [1.165, 1.54) is 29.8 Å². The molecule has 1 aliphatic heterocycles. The molecule has 1 saturated heterocycles. The van der Waals surface area contributed by atoms with Crippen LogP contribution >= 0.6 is 0 Å². The van der Waals surface area contributed by atoms with Crippen molar-refractivity contribution in [3.63, 3.8) is 0 Å². The molecule has 124 valence electrons. The fourth-order valence-corrected chi connectivity index (χ4v) is 2.82. The number of nitrogens with one attached hydrogen (secondary N) is 1. The van der Waals surface area contributed by atoms with Gasteiger partial charge < -0.3 is 10.2 Å². The number of nitrogens with zero attached hydrogens (tertiary/aromatic N) is 1. The van der Waals surface area contributed by atoms with E-state index < -0.39 is 0 Å². The van der Waals surface area contributed by atoms with Crippen molar-refractivity contribution >= 4 is 17.5 Å².